The standard InChI is InChI=1S/C48H58Cl2N2O10/c1-31-35(29-61-45-21-43(59-27-33-13-17-57-25-33)37(19-41(45)49)23-51-15-5-11-47(53)54)7-3-9-39(31)40-10-4-8-36(32(40)2)30-62-46-22-44(60-28-34-14-18-58-26-34)38(20-42(46)50)24-52-16-6-12-48(55)56/h3-4,7-10,19-22,33-34,51-52H,5-6,11-18,23-30H2,1-2H3,(H,53,54)(H,55,56). The molecule has 2 fully saturated rings. The smallest absolute Gasteiger partial charge is 0.303 e. The quantitative estimate of drug-likeness (QED) is 0.0469. The van der Waals surface area contributed by atoms with Crippen LogP contribution in [-0.2, 0) is 45.4 Å². The Morgan fingerprint density at radius 1 is 0.629 bits per heavy atom. The molecule has 0 aromatic heterocycles. The lowest BCUT2D eigenvalue weighted by atomic mass is 9.92. The Kier molecular flexibility index (Phi) is 18.0. The molecule has 2 heterocycles. The predicted octanol–water partition coefficient (Wildman–Crippen LogP) is 9.17. The van der Waals surface area contributed by atoms with Gasteiger partial charge in [-0.05, 0) is 98.1 Å². The molecule has 6 rings (SSSR count). The number of aliphatic carboxylic acids is 2. The van der Waals surface area contributed by atoms with Gasteiger partial charge in [-0.2, -0.15) is 0 Å². The summed E-state index contributed by atoms with van der Waals surface area (Å²) in [5.74, 6) is 1.35. The highest BCUT2D eigenvalue weighted by atomic mass is 35.5. The molecule has 334 valence electrons. The highest BCUT2D eigenvalue weighted by Crippen LogP contribution is 2.37. The van der Waals surface area contributed by atoms with Crippen molar-refractivity contribution in [1.29, 1.82) is 0 Å². The first kappa shape index (κ1) is 46.9. The van der Waals surface area contributed by atoms with Gasteiger partial charge in [-0.25, -0.2) is 0 Å². The lowest BCUT2D eigenvalue weighted by Crippen LogP contribution is -2.18. The molecule has 14 heteroatoms. The normalized spacial score (nSPS) is 16.1. The summed E-state index contributed by atoms with van der Waals surface area (Å²) in [5, 5.41) is 25.5. The average molecular weight is 894 g/mol. The van der Waals surface area contributed by atoms with Crippen LogP contribution < -0.4 is 29.6 Å². The van der Waals surface area contributed by atoms with Gasteiger partial charge in [0.05, 0.1) is 36.5 Å². The molecular formula is C48H58Cl2N2O10. The molecule has 4 aromatic carbocycles. The summed E-state index contributed by atoms with van der Waals surface area (Å²) in [6.45, 7) is 10.6. The monoisotopic (exact) mass is 892 g/mol. The van der Waals surface area contributed by atoms with Crippen LogP contribution in [0.3, 0.4) is 0 Å². The van der Waals surface area contributed by atoms with Gasteiger partial charge in [-0.3, -0.25) is 9.59 Å². The lowest BCUT2D eigenvalue weighted by Gasteiger charge is -2.19. The van der Waals surface area contributed by atoms with Gasteiger partial charge >= 0.3 is 11.9 Å². The van der Waals surface area contributed by atoms with E-state index < -0.39 is 11.9 Å². The van der Waals surface area contributed by atoms with Gasteiger partial charge in [0, 0.05) is 74.2 Å². The number of benzene rings is 4. The zero-order valence-electron chi connectivity index (χ0n) is 35.6. The van der Waals surface area contributed by atoms with Gasteiger partial charge in [-0.15, -0.1) is 0 Å². The van der Waals surface area contributed by atoms with Crippen LogP contribution >= 0.6 is 23.2 Å². The number of hydrogen-bond acceptors (Lipinski definition) is 10. The highest BCUT2D eigenvalue weighted by Gasteiger charge is 2.21. The van der Waals surface area contributed by atoms with Gasteiger partial charge in [-0.1, -0.05) is 59.6 Å². The van der Waals surface area contributed by atoms with Crippen LogP contribution in [0, 0.1) is 25.7 Å². The lowest BCUT2D eigenvalue weighted by molar-refractivity contribution is -0.138. The second-order valence-corrected chi connectivity index (χ2v) is 16.8. The van der Waals surface area contributed by atoms with Crippen molar-refractivity contribution in [2.45, 2.75) is 78.7 Å². The van der Waals surface area contributed by atoms with E-state index in [4.69, 9.17) is 61.8 Å². The first-order valence-corrected chi connectivity index (χ1v) is 22.1. The van der Waals surface area contributed by atoms with E-state index in [1.807, 2.05) is 36.4 Å². The van der Waals surface area contributed by atoms with Gasteiger partial charge < -0.3 is 49.3 Å². The number of nitrogens with one attached hydrogen (secondary N) is 2. The molecule has 0 aliphatic carbocycles. The fourth-order valence-electron chi connectivity index (χ4n) is 7.51. The molecule has 4 N–H and O–H groups in total. The number of rotatable bonds is 25. The second-order valence-electron chi connectivity index (χ2n) is 16.0. The van der Waals surface area contributed by atoms with Gasteiger partial charge in [0.15, 0.2) is 0 Å². The molecule has 0 saturated carbocycles. The zero-order valence-corrected chi connectivity index (χ0v) is 37.1. The largest absolute Gasteiger partial charge is 0.493 e. The maximum atomic E-state index is 11.0. The van der Waals surface area contributed by atoms with Crippen LogP contribution in [0.4, 0.5) is 0 Å². The van der Waals surface area contributed by atoms with E-state index in [-0.39, 0.29) is 26.1 Å². The third-order valence-electron chi connectivity index (χ3n) is 11.3. The molecule has 4 aromatic rings. The zero-order chi connectivity index (χ0) is 43.8. The molecule has 2 aliphatic rings. The summed E-state index contributed by atoms with van der Waals surface area (Å²) in [6, 6.07) is 19.8. The number of carboxylic acids is 2. The third-order valence-corrected chi connectivity index (χ3v) is 11.9. The molecule has 0 amide bonds. The Labute approximate surface area is 374 Å². The van der Waals surface area contributed by atoms with E-state index in [9.17, 15) is 9.59 Å². The van der Waals surface area contributed by atoms with Crippen LogP contribution in [0.1, 0.15) is 71.9 Å². The second kappa shape index (κ2) is 23.8. The van der Waals surface area contributed by atoms with Crippen molar-refractivity contribution in [1.82, 2.24) is 10.6 Å². The van der Waals surface area contributed by atoms with Crippen molar-refractivity contribution < 1.29 is 48.2 Å². The number of carbonyl (C=O) groups is 2. The summed E-state index contributed by atoms with van der Waals surface area (Å²) in [4.78, 5) is 21.9. The maximum Gasteiger partial charge on any atom is 0.303 e. The molecule has 2 aliphatic heterocycles. The Morgan fingerprint density at radius 3 is 1.45 bits per heavy atom. The fraction of sp³-hybridized carbons (Fsp3) is 0.458. The van der Waals surface area contributed by atoms with Crippen LogP contribution in [0.5, 0.6) is 23.0 Å². The van der Waals surface area contributed by atoms with Crippen LogP contribution in [-0.4, -0.2) is 74.9 Å². The van der Waals surface area contributed by atoms with Crippen LogP contribution in [0.25, 0.3) is 11.1 Å². The van der Waals surface area contributed by atoms with Crippen molar-refractivity contribution in [2.24, 2.45) is 11.8 Å². The molecule has 12 nitrogen and oxygen atoms in total. The van der Waals surface area contributed by atoms with E-state index in [2.05, 4.69) is 48.7 Å². The maximum absolute atomic E-state index is 11.0. The van der Waals surface area contributed by atoms with Crippen molar-refractivity contribution in [2.75, 3.05) is 52.7 Å². The molecular weight excluding hydrogens is 835 g/mol. The molecule has 0 spiro atoms. The van der Waals surface area contributed by atoms with E-state index >= 15 is 0 Å². The summed E-state index contributed by atoms with van der Waals surface area (Å²) in [7, 11) is 0. The summed E-state index contributed by atoms with van der Waals surface area (Å²) in [5.41, 5.74) is 8.07. The SMILES string of the molecule is Cc1c(COc2cc(OCC3CCOC3)c(CNCCCC(=O)O)cc2Cl)cccc1-c1cccc(COc2cc(OCC3CCOC3)c(CNCCCC(=O)O)cc2Cl)c1C. The van der Waals surface area contributed by atoms with Crippen molar-refractivity contribution >= 4 is 35.1 Å². The minimum absolute atomic E-state index is 0.102. The highest BCUT2D eigenvalue weighted by molar-refractivity contribution is 6.32. The summed E-state index contributed by atoms with van der Waals surface area (Å²) >= 11 is 13.6. The predicted molar refractivity (Wildman–Crippen MR) is 239 cm³/mol. The van der Waals surface area contributed by atoms with Gasteiger partial charge in [0.1, 0.15) is 36.2 Å². The average Bonchev–Trinajstić information content (AvgIpc) is 3.98. The first-order valence-electron chi connectivity index (χ1n) is 21.4. The fourth-order valence-corrected chi connectivity index (χ4v) is 7.99. The van der Waals surface area contributed by atoms with Crippen molar-refractivity contribution in [3.63, 3.8) is 0 Å². The Hall–Kier alpha value is -4.56. The van der Waals surface area contributed by atoms with E-state index in [0.717, 1.165) is 70.6 Å². The van der Waals surface area contributed by atoms with Gasteiger partial charge in [0.2, 0.25) is 0 Å². The van der Waals surface area contributed by atoms with Crippen molar-refractivity contribution in [3.8, 4) is 34.1 Å². The molecule has 2 atom stereocenters. The molecule has 0 radical (unpaired) electrons. The van der Waals surface area contributed by atoms with Crippen LogP contribution in [0.2, 0.25) is 10.0 Å². The number of hydrogen-bond donors (Lipinski definition) is 4. The Bertz CT molecular complexity index is 1970. The summed E-state index contributed by atoms with van der Waals surface area (Å²) < 4.78 is 36.5. The van der Waals surface area contributed by atoms with E-state index in [1.165, 1.54) is 0 Å². The minimum Gasteiger partial charge on any atom is -0.493 e. The first-order chi connectivity index (χ1) is 30.0. The van der Waals surface area contributed by atoms with E-state index in [0.29, 0.717) is 110 Å². The van der Waals surface area contributed by atoms with Crippen LogP contribution in [0.15, 0.2) is 60.7 Å². The van der Waals surface area contributed by atoms with Crippen molar-refractivity contribution in [3.05, 3.63) is 104 Å². The van der Waals surface area contributed by atoms with Gasteiger partial charge in [0.25, 0.3) is 0 Å². The Morgan fingerprint density at radius 2 is 1.06 bits per heavy atom. The number of ether oxygens (including phenoxy) is 6. The number of carboxylic acid groups (broad SMARTS) is 2. The molecule has 0 bridgehead atoms. The third kappa shape index (κ3) is 13.7. The summed E-state index contributed by atoms with van der Waals surface area (Å²) in [6.07, 6.45) is 3.13. The molecule has 2 unspecified atom stereocenters. The molecule has 2 saturated heterocycles. The van der Waals surface area contributed by atoms with E-state index in [1.54, 1.807) is 0 Å². The topological polar surface area (TPSA) is 154 Å². The minimum atomic E-state index is -0.816. The molecule has 62 heavy (non-hydrogen) atoms. The number of halogens is 2. The Balaban J connectivity index is 1.14.